The highest BCUT2D eigenvalue weighted by molar-refractivity contribution is 6.58. The van der Waals surface area contributed by atoms with Gasteiger partial charge in [-0.15, -0.1) is 0 Å². The number of methoxy groups -OCH3 is 1. The molecule has 0 N–H and O–H groups in total. The summed E-state index contributed by atoms with van der Waals surface area (Å²) in [5.74, 6) is -1.11. The summed E-state index contributed by atoms with van der Waals surface area (Å²) in [6, 6.07) is 5.78. The second-order valence-electron chi connectivity index (χ2n) is 5.44. The molecule has 24 heavy (non-hydrogen) atoms. The van der Waals surface area contributed by atoms with E-state index in [1.54, 1.807) is 0 Å². The number of aryl methyl sites for hydroxylation is 2. The minimum Gasteiger partial charge on any atom is -0.467 e. The van der Waals surface area contributed by atoms with Gasteiger partial charge in [-0.05, 0) is 24.0 Å². The first-order chi connectivity index (χ1) is 11.3. The average Bonchev–Trinajstić information content (AvgIpc) is 2.84. The number of amides is 1. The van der Waals surface area contributed by atoms with Gasteiger partial charge < -0.3 is 4.74 Å². The quantitative estimate of drug-likeness (QED) is 0.567. The molecule has 130 valence electrons. The maximum absolute atomic E-state index is 12.7. The summed E-state index contributed by atoms with van der Waals surface area (Å²) in [5.41, 5.74) is 2.63. The fraction of sp³-hybridized carbons (Fsp3) is 0.412. The molecule has 1 saturated heterocycles. The van der Waals surface area contributed by atoms with Crippen molar-refractivity contribution < 1.29 is 14.3 Å². The van der Waals surface area contributed by atoms with Crippen LogP contribution in [-0.2, 0) is 27.2 Å². The van der Waals surface area contributed by atoms with Crippen LogP contribution in [0.15, 0.2) is 28.4 Å². The first kappa shape index (κ1) is 19.1. The van der Waals surface area contributed by atoms with Crippen molar-refractivity contribution in [2.24, 2.45) is 0 Å². The number of ether oxygens (including phenoxy) is 1. The summed E-state index contributed by atoms with van der Waals surface area (Å²) >= 11 is 18.5. The number of carbonyl (C=O) groups is 2. The van der Waals surface area contributed by atoms with E-state index < -0.39 is 10.8 Å². The Bertz CT molecular complexity index is 691. The van der Waals surface area contributed by atoms with Crippen LogP contribution < -0.4 is 4.90 Å². The number of benzene rings is 1. The Balaban J connectivity index is 2.74. The molecule has 1 aromatic carbocycles. The van der Waals surface area contributed by atoms with Gasteiger partial charge >= 0.3 is 5.97 Å². The van der Waals surface area contributed by atoms with Crippen molar-refractivity contribution in [1.29, 1.82) is 0 Å². The van der Waals surface area contributed by atoms with E-state index in [0.29, 0.717) is 18.5 Å². The van der Waals surface area contributed by atoms with E-state index >= 15 is 0 Å². The predicted molar refractivity (Wildman–Crippen MR) is 96.6 cm³/mol. The van der Waals surface area contributed by atoms with Gasteiger partial charge in [0.2, 0.25) is 5.91 Å². The molecule has 4 nitrogen and oxygen atoms in total. The molecule has 1 atom stereocenters. The molecule has 0 spiro atoms. The van der Waals surface area contributed by atoms with Crippen LogP contribution in [-0.4, -0.2) is 23.9 Å². The number of para-hydroxylation sites is 1. The maximum Gasteiger partial charge on any atom is 0.333 e. The van der Waals surface area contributed by atoms with Gasteiger partial charge in [0.05, 0.1) is 24.9 Å². The third-order valence-corrected chi connectivity index (χ3v) is 4.94. The minimum atomic E-state index is -1.73. The van der Waals surface area contributed by atoms with Crippen LogP contribution >= 0.6 is 34.8 Å². The summed E-state index contributed by atoms with van der Waals surface area (Å²) in [6.07, 6.45) is 1.14. The van der Waals surface area contributed by atoms with Crippen molar-refractivity contribution in [3.63, 3.8) is 0 Å². The second-order valence-corrected chi connectivity index (χ2v) is 7.03. The number of nitrogens with zero attached hydrogens (tertiary/aromatic N) is 1. The molecule has 0 radical (unpaired) electrons. The van der Waals surface area contributed by atoms with Gasteiger partial charge in [-0.1, -0.05) is 66.8 Å². The standard InChI is InChI=1S/C17H18Cl3NO3/c1-4-10-7-6-8-11(5-2)13(10)21-12(22)9-17(20,16(23)24-3)14(21)15(18)19/h6-8H,4-5,9H2,1-3H3. The van der Waals surface area contributed by atoms with E-state index in [0.717, 1.165) is 11.1 Å². The van der Waals surface area contributed by atoms with E-state index in [2.05, 4.69) is 0 Å². The smallest absolute Gasteiger partial charge is 0.333 e. The fourth-order valence-electron chi connectivity index (χ4n) is 2.98. The lowest BCUT2D eigenvalue weighted by Gasteiger charge is -2.27. The largest absolute Gasteiger partial charge is 0.467 e. The molecule has 1 heterocycles. The predicted octanol–water partition coefficient (Wildman–Crippen LogP) is 4.35. The molecular formula is C17H18Cl3NO3. The highest BCUT2D eigenvalue weighted by Crippen LogP contribution is 2.47. The summed E-state index contributed by atoms with van der Waals surface area (Å²) in [5, 5.41) is 0. The van der Waals surface area contributed by atoms with Crippen LogP contribution in [0.25, 0.3) is 0 Å². The number of carbonyl (C=O) groups excluding carboxylic acids is 2. The molecule has 1 unspecified atom stereocenters. The van der Waals surface area contributed by atoms with Crippen molar-refractivity contribution in [3.05, 3.63) is 39.5 Å². The molecular weight excluding hydrogens is 373 g/mol. The Morgan fingerprint density at radius 1 is 1.25 bits per heavy atom. The molecule has 1 fully saturated rings. The van der Waals surface area contributed by atoms with Gasteiger partial charge in [0, 0.05) is 0 Å². The molecule has 0 aliphatic carbocycles. The van der Waals surface area contributed by atoms with E-state index in [1.807, 2.05) is 32.0 Å². The maximum atomic E-state index is 12.7. The van der Waals surface area contributed by atoms with Crippen LogP contribution in [0.1, 0.15) is 31.4 Å². The zero-order chi connectivity index (χ0) is 18.1. The molecule has 1 aliphatic heterocycles. The van der Waals surface area contributed by atoms with Crippen LogP contribution in [0.5, 0.6) is 0 Å². The highest BCUT2D eigenvalue weighted by Gasteiger charge is 2.55. The normalized spacial score (nSPS) is 20.5. The lowest BCUT2D eigenvalue weighted by Crippen LogP contribution is -2.36. The third kappa shape index (κ3) is 3.03. The second kappa shape index (κ2) is 7.34. The number of hydrogen-bond acceptors (Lipinski definition) is 3. The van der Waals surface area contributed by atoms with Crippen molar-refractivity contribution in [3.8, 4) is 0 Å². The molecule has 1 aliphatic rings. The minimum absolute atomic E-state index is 0.0555. The zero-order valence-corrected chi connectivity index (χ0v) is 15.9. The average molecular weight is 391 g/mol. The fourth-order valence-corrected chi connectivity index (χ4v) is 3.94. The van der Waals surface area contributed by atoms with Gasteiger partial charge in [0.25, 0.3) is 0 Å². The van der Waals surface area contributed by atoms with Crippen molar-refractivity contribution in [1.82, 2.24) is 0 Å². The lowest BCUT2D eigenvalue weighted by atomic mass is 10.0. The summed E-state index contributed by atoms with van der Waals surface area (Å²) < 4.78 is 4.53. The van der Waals surface area contributed by atoms with E-state index in [9.17, 15) is 9.59 Å². The Hall–Kier alpha value is -1.23. The Morgan fingerprint density at radius 2 is 1.79 bits per heavy atom. The van der Waals surface area contributed by atoms with Crippen LogP contribution in [0, 0.1) is 0 Å². The number of anilines is 1. The third-order valence-electron chi connectivity index (χ3n) is 4.12. The molecule has 0 saturated carbocycles. The van der Waals surface area contributed by atoms with Gasteiger partial charge in [-0.25, -0.2) is 4.79 Å². The molecule has 0 bridgehead atoms. The van der Waals surface area contributed by atoms with Crippen molar-refractivity contribution >= 4 is 52.4 Å². The molecule has 7 heteroatoms. The van der Waals surface area contributed by atoms with E-state index in [-0.39, 0.29) is 22.5 Å². The van der Waals surface area contributed by atoms with Crippen molar-refractivity contribution in [2.75, 3.05) is 12.0 Å². The van der Waals surface area contributed by atoms with Crippen LogP contribution in [0.2, 0.25) is 0 Å². The number of alkyl halides is 1. The molecule has 1 amide bonds. The van der Waals surface area contributed by atoms with E-state index in [1.165, 1.54) is 12.0 Å². The summed E-state index contributed by atoms with van der Waals surface area (Å²) in [4.78, 5) is 24.6. The number of rotatable bonds is 4. The molecule has 2 rings (SSSR count). The van der Waals surface area contributed by atoms with Crippen LogP contribution in [0.4, 0.5) is 5.69 Å². The monoisotopic (exact) mass is 389 g/mol. The topological polar surface area (TPSA) is 46.6 Å². The highest BCUT2D eigenvalue weighted by atomic mass is 35.5. The lowest BCUT2D eigenvalue weighted by molar-refractivity contribution is -0.143. The van der Waals surface area contributed by atoms with Crippen molar-refractivity contribution in [2.45, 2.75) is 38.0 Å². The van der Waals surface area contributed by atoms with Gasteiger partial charge in [0.1, 0.15) is 4.49 Å². The van der Waals surface area contributed by atoms with E-state index in [4.69, 9.17) is 39.5 Å². The first-order valence-corrected chi connectivity index (χ1v) is 8.71. The summed E-state index contributed by atoms with van der Waals surface area (Å²) in [7, 11) is 1.21. The Labute approximate surface area is 156 Å². The Kier molecular flexibility index (Phi) is 5.84. The number of halogens is 3. The zero-order valence-electron chi connectivity index (χ0n) is 13.7. The number of esters is 1. The number of hydrogen-bond donors (Lipinski definition) is 0. The molecule has 1 aromatic rings. The van der Waals surface area contributed by atoms with Crippen LogP contribution in [0.3, 0.4) is 0 Å². The first-order valence-electron chi connectivity index (χ1n) is 7.58. The van der Waals surface area contributed by atoms with Gasteiger partial charge in [-0.2, -0.15) is 0 Å². The Morgan fingerprint density at radius 3 is 2.21 bits per heavy atom. The summed E-state index contributed by atoms with van der Waals surface area (Å²) in [6.45, 7) is 3.97. The molecule has 0 aromatic heterocycles. The SMILES string of the molecule is CCc1cccc(CC)c1N1C(=O)CC(Cl)(C(=O)OC)C1=C(Cl)Cl. The van der Waals surface area contributed by atoms with Gasteiger partial charge in [0.15, 0.2) is 4.87 Å². The van der Waals surface area contributed by atoms with Gasteiger partial charge in [-0.3, -0.25) is 9.69 Å².